The van der Waals surface area contributed by atoms with Crippen molar-refractivity contribution in [2.45, 2.75) is 83.3 Å². The van der Waals surface area contributed by atoms with Crippen LogP contribution < -0.4 is 0 Å². The Labute approximate surface area is 240 Å². The molecule has 0 atom stereocenters. The number of nitrogens with zero attached hydrogens (tertiary/aromatic N) is 1. The highest BCUT2D eigenvalue weighted by Crippen LogP contribution is 2.45. The van der Waals surface area contributed by atoms with Crippen LogP contribution in [0.1, 0.15) is 71.8 Å². The molecule has 2 aliphatic rings. The molecule has 7 heteroatoms. The summed E-state index contributed by atoms with van der Waals surface area (Å²) >= 11 is 0. The molecule has 1 aliphatic carbocycles. The zero-order valence-corrected chi connectivity index (χ0v) is 26.2. The molecule has 0 saturated carbocycles. The van der Waals surface area contributed by atoms with Crippen LogP contribution in [0.5, 0.6) is 0 Å². The highest BCUT2D eigenvalue weighted by Gasteiger charge is 2.40. The van der Waals surface area contributed by atoms with Crippen molar-refractivity contribution in [2.24, 2.45) is 0 Å². The number of hydrogen-bond acceptors (Lipinski definition) is 4. The predicted octanol–water partition coefficient (Wildman–Crippen LogP) is 7.88. The molecule has 0 spiro atoms. The van der Waals surface area contributed by atoms with Crippen molar-refractivity contribution < 1.29 is 17.6 Å². The Morgan fingerprint density at radius 1 is 0.925 bits per heavy atom. The Balaban J connectivity index is 1.72. The first-order valence-corrected chi connectivity index (χ1v) is 18.3. The van der Waals surface area contributed by atoms with Gasteiger partial charge in [0.15, 0.2) is 14.1 Å². The maximum Gasteiger partial charge on any atom is 0.243 e. The first-order valence-electron chi connectivity index (χ1n) is 14.0. The molecule has 1 heterocycles. The van der Waals surface area contributed by atoms with Crippen LogP contribution in [0.3, 0.4) is 0 Å². The molecule has 0 unspecified atom stereocenters. The van der Waals surface area contributed by atoms with Gasteiger partial charge in [0.2, 0.25) is 10.0 Å². The van der Waals surface area contributed by atoms with Gasteiger partial charge in [0.1, 0.15) is 0 Å². The summed E-state index contributed by atoms with van der Waals surface area (Å²) in [6, 6.07) is 16.9. The van der Waals surface area contributed by atoms with Crippen molar-refractivity contribution in [3.05, 3.63) is 94.1 Å². The van der Waals surface area contributed by atoms with Crippen LogP contribution >= 0.6 is 0 Å². The summed E-state index contributed by atoms with van der Waals surface area (Å²) in [6.45, 7) is 13.8. The SMILES string of the molecule is Cc1ccc(S(=O)(=O)N2Cc3c(CO[Si](C)(C)C(C)(C)C)c4c(c(-c5ccccc5)c3C2)C(=O)CCC=C4)cc1. The van der Waals surface area contributed by atoms with E-state index in [-0.39, 0.29) is 28.8 Å². The van der Waals surface area contributed by atoms with E-state index in [4.69, 9.17) is 4.43 Å². The molecule has 0 amide bonds. The van der Waals surface area contributed by atoms with E-state index in [2.05, 4.69) is 46.0 Å². The topological polar surface area (TPSA) is 63.7 Å². The van der Waals surface area contributed by atoms with Crippen LogP contribution in [0, 0.1) is 6.92 Å². The lowest BCUT2D eigenvalue weighted by atomic mass is 9.83. The molecule has 210 valence electrons. The second-order valence-electron chi connectivity index (χ2n) is 12.5. The van der Waals surface area contributed by atoms with E-state index >= 15 is 0 Å². The molecule has 40 heavy (non-hydrogen) atoms. The molecule has 0 aromatic heterocycles. The van der Waals surface area contributed by atoms with Gasteiger partial charge < -0.3 is 4.43 Å². The van der Waals surface area contributed by atoms with Gasteiger partial charge in [-0.2, -0.15) is 4.31 Å². The third kappa shape index (κ3) is 5.16. The predicted molar refractivity (Wildman–Crippen MR) is 164 cm³/mol. The van der Waals surface area contributed by atoms with Gasteiger partial charge in [0.05, 0.1) is 11.5 Å². The highest BCUT2D eigenvalue weighted by molar-refractivity contribution is 7.89. The molecule has 0 bridgehead atoms. The Morgan fingerprint density at radius 2 is 1.57 bits per heavy atom. The number of sulfonamides is 1. The number of carbonyl (C=O) groups is 1. The molecule has 3 aromatic carbocycles. The van der Waals surface area contributed by atoms with E-state index in [1.165, 1.54) is 0 Å². The van der Waals surface area contributed by atoms with Crippen LogP contribution in [0.2, 0.25) is 18.1 Å². The van der Waals surface area contributed by atoms with E-state index in [1.54, 1.807) is 16.4 Å². The van der Waals surface area contributed by atoms with Crippen molar-refractivity contribution >= 4 is 30.2 Å². The van der Waals surface area contributed by atoms with E-state index in [1.807, 2.05) is 49.4 Å². The van der Waals surface area contributed by atoms with Crippen LogP contribution in [-0.4, -0.2) is 26.8 Å². The van der Waals surface area contributed by atoms with Crippen LogP contribution in [0.25, 0.3) is 17.2 Å². The summed E-state index contributed by atoms with van der Waals surface area (Å²) in [5.41, 5.74) is 7.21. The van der Waals surface area contributed by atoms with E-state index < -0.39 is 18.3 Å². The molecule has 0 N–H and O–H groups in total. The number of benzene rings is 3. The molecular weight excluding hydrogens is 535 g/mol. The number of fused-ring (bicyclic) bond motifs is 2. The summed E-state index contributed by atoms with van der Waals surface area (Å²) in [5, 5.41) is 0.0174. The zero-order chi connectivity index (χ0) is 28.9. The summed E-state index contributed by atoms with van der Waals surface area (Å²) in [4.78, 5) is 14.0. The fourth-order valence-electron chi connectivity index (χ4n) is 5.31. The molecule has 0 radical (unpaired) electrons. The number of aryl methyl sites for hydroxylation is 1. The third-order valence-electron chi connectivity index (χ3n) is 8.75. The van der Waals surface area contributed by atoms with Gasteiger partial charge in [-0.3, -0.25) is 4.79 Å². The number of allylic oxidation sites excluding steroid dienone is 1. The smallest absolute Gasteiger partial charge is 0.243 e. The maximum atomic E-state index is 13.9. The van der Waals surface area contributed by atoms with Gasteiger partial charge in [-0.05, 0) is 77.0 Å². The zero-order valence-electron chi connectivity index (χ0n) is 24.4. The van der Waals surface area contributed by atoms with Crippen molar-refractivity contribution in [1.82, 2.24) is 4.31 Å². The Kier molecular flexibility index (Phi) is 7.55. The number of hydrogen-bond donors (Lipinski definition) is 0. The summed E-state index contributed by atoms with van der Waals surface area (Å²) in [7, 11) is -5.88. The van der Waals surface area contributed by atoms with Crippen LogP contribution in [0.4, 0.5) is 0 Å². The first-order chi connectivity index (χ1) is 18.8. The molecule has 5 nitrogen and oxygen atoms in total. The standard InChI is InChI=1S/C33H39NO4SSi/c1-23-16-18-25(19-17-23)39(36,37)34-20-27-28(21-34)31(24-12-8-7-9-13-24)32-26(14-10-11-15-30(32)35)29(27)22-38-40(5,6)33(2,3)4/h7-10,12-14,16-19H,11,15,20-22H2,1-6H3. The summed E-state index contributed by atoms with van der Waals surface area (Å²) in [5.74, 6) is 0.0927. The van der Waals surface area contributed by atoms with Crippen LogP contribution in [-0.2, 0) is 34.1 Å². The quantitative estimate of drug-likeness (QED) is 0.282. The van der Waals surface area contributed by atoms with Crippen LogP contribution in [0.15, 0.2) is 65.6 Å². The van der Waals surface area contributed by atoms with Gasteiger partial charge in [-0.25, -0.2) is 8.42 Å². The highest BCUT2D eigenvalue weighted by atomic mass is 32.2. The monoisotopic (exact) mass is 573 g/mol. The van der Waals surface area contributed by atoms with Gasteiger partial charge in [0.25, 0.3) is 0 Å². The minimum absolute atomic E-state index is 0.0174. The fraction of sp³-hybridized carbons (Fsp3) is 0.364. The lowest BCUT2D eigenvalue weighted by molar-refractivity contribution is 0.0984. The second-order valence-corrected chi connectivity index (χ2v) is 19.2. The van der Waals surface area contributed by atoms with Gasteiger partial charge >= 0.3 is 0 Å². The lowest BCUT2D eigenvalue weighted by Gasteiger charge is -2.36. The molecule has 0 saturated heterocycles. The lowest BCUT2D eigenvalue weighted by Crippen LogP contribution is -2.40. The molecule has 5 rings (SSSR count). The Hall–Kier alpha value is -2.84. The molecular formula is C33H39NO4SSi. The number of Topliss-reactive ketones (excluding diaryl/α,β-unsaturated/α-hetero) is 1. The van der Waals surface area contributed by atoms with Crippen molar-refractivity contribution in [1.29, 1.82) is 0 Å². The van der Waals surface area contributed by atoms with Gasteiger partial charge in [0, 0.05) is 25.1 Å². The Morgan fingerprint density at radius 3 is 2.23 bits per heavy atom. The average Bonchev–Trinajstić information content (AvgIpc) is 3.26. The molecule has 0 fully saturated rings. The fourth-order valence-corrected chi connectivity index (χ4v) is 7.62. The minimum atomic E-state index is -3.75. The van der Waals surface area contributed by atoms with Gasteiger partial charge in [-0.1, -0.05) is 81.0 Å². The minimum Gasteiger partial charge on any atom is -0.413 e. The normalized spacial score (nSPS) is 16.1. The summed E-state index contributed by atoms with van der Waals surface area (Å²) in [6.07, 6.45) is 5.24. The van der Waals surface area contributed by atoms with Gasteiger partial charge in [-0.15, -0.1) is 0 Å². The molecule has 3 aromatic rings. The number of ketones is 1. The van der Waals surface area contributed by atoms with E-state index in [0.717, 1.165) is 38.9 Å². The summed E-state index contributed by atoms with van der Waals surface area (Å²) < 4.78 is 36.1. The first kappa shape index (κ1) is 28.7. The van der Waals surface area contributed by atoms with E-state index in [9.17, 15) is 13.2 Å². The van der Waals surface area contributed by atoms with Crippen molar-refractivity contribution in [3.63, 3.8) is 0 Å². The maximum absolute atomic E-state index is 13.9. The average molecular weight is 574 g/mol. The Bertz CT molecular complexity index is 1580. The number of rotatable bonds is 6. The van der Waals surface area contributed by atoms with Crippen molar-refractivity contribution in [3.8, 4) is 11.1 Å². The van der Waals surface area contributed by atoms with E-state index in [0.29, 0.717) is 25.0 Å². The number of carbonyl (C=O) groups excluding carboxylic acids is 1. The molecule has 1 aliphatic heterocycles. The largest absolute Gasteiger partial charge is 0.413 e. The van der Waals surface area contributed by atoms with Crippen molar-refractivity contribution in [2.75, 3.05) is 0 Å². The third-order valence-corrected chi connectivity index (χ3v) is 15.0. The second kappa shape index (κ2) is 10.5.